The minimum atomic E-state index is 0.705. The largest absolute Gasteiger partial charge is 0.380 e. The maximum absolute atomic E-state index is 5.84. The molecule has 3 heteroatoms. The number of halogens is 1. The molecule has 0 bridgehead atoms. The van der Waals surface area contributed by atoms with Crippen LogP contribution in [-0.2, 0) is 4.74 Å². The molecule has 0 spiro atoms. The van der Waals surface area contributed by atoms with Crippen molar-refractivity contribution in [3.8, 4) is 0 Å². The van der Waals surface area contributed by atoms with Crippen molar-refractivity contribution in [1.29, 1.82) is 0 Å². The van der Waals surface area contributed by atoms with Gasteiger partial charge in [0.25, 0.3) is 0 Å². The minimum Gasteiger partial charge on any atom is -0.380 e. The quantitative estimate of drug-likeness (QED) is 0.634. The Bertz CT molecular complexity index is 151. The Balaban J connectivity index is 1.77. The SMILES string of the molecule is ClCC1CCN(C2CCOC2)CC1. The van der Waals surface area contributed by atoms with E-state index < -0.39 is 0 Å². The fourth-order valence-corrected chi connectivity index (χ4v) is 2.59. The molecule has 2 fully saturated rings. The van der Waals surface area contributed by atoms with Crippen molar-refractivity contribution in [3.63, 3.8) is 0 Å². The summed E-state index contributed by atoms with van der Waals surface area (Å²) in [4.78, 5) is 2.58. The molecule has 0 aromatic heterocycles. The molecule has 2 aliphatic heterocycles. The van der Waals surface area contributed by atoms with Gasteiger partial charge in [-0.3, -0.25) is 4.90 Å². The molecule has 2 rings (SSSR count). The second-order valence-corrected chi connectivity index (χ2v) is 4.46. The molecule has 1 atom stereocenters. The van der Waals surface area contributed by atoms with Crippen LogP contribution in [0.3, 0.4) is 0 Å². The van der Waals surface area contributed by atoms with E-state index in [9.17, 15) is 0 Å². The summed E-state index contributed by atoms with van der Waals surface area (Å²) in [7, 11) is 0. The third-order valence-electron chi connectivity index (χ3n) is 3.29. The van der Waals surface area contributed by atoms with Crippen molar-refractivity contribution in [2.24, 2.45) is 5.92 Å². The van der Waals surface area contributed by atoms with E-state index in [4.69, 9.17) is 16.3 Å². The minimum absolute atomic E-state index is 0.705. The van der Waals surface area contributed by atoms with E-state index in [0.717, 1.165) is 25.0 Å². The van der Waals surface area contributed by atoms with Gasteiger partial charge in [-0.05, 0) is 38.3 Å². The first-order valence-corrected chi connectivity index (χ1v) is 5.81. The van der Waals surface area contributed by atoms with Crippen LogP contribution in [0.1, 0.15) is 19.3 Å². The van der Waals surface area contributed by atoms with Crippen LogP contribution >= 0.6 is 11.6 Å². The molecular formula is C10H18ClNO. The van der Waals surface area contributed by atoms with Crippen molar-refractivity contribution in [2.45, 2.75) is 25.3 Å². The number of hydrogen-bond donors (Lipinski definition) is 0. The molecule has 13 heavy (non-hydrogen) atoms. The monoisotopic (exact) mass is 203 g/mol. The van der Waals surface area contributed by atoms with Crippen LogP contribution in [0.15, 0.2) is 0 Å². The highest BCUT2D eigenvalue weighted by Crippen LogP contribution is 2.22. The molecule has 1 unspecified atom stereocenters. The van der Waals surface area contributed by atoms with Crippen LogP contribution in [0.2, 0.25) is 0 Å². The summed E-state index contributed by atoms with van der Waals surface area (Å²) in [6, 6.07) is 0.705. The molecule has 0 saturated carbocycles. The topological polar surface area (TPSA) is 12.5 Å². The number of ether oxygens (including phenoxy) is 1. The van der Waals surface area contributed by atoms with Crippen molar-refractivity contribution in [1.82, 2.24) is 4.90 Å². The fraction of sp³-hybridized carbons (Fsp3) is 1.00. The third-order valence-corrected chi connectivity index (χ3v) is 3.73. The van der Waals surface area contributed by atoms with Crippen LogP contribution in [0.5, 0.6) is 0 Å². The van der Waals surface area contributed by atoms with Crippen LogP contribution in [0, 0.1) is 5.92 Å². The molecule has 0 aliphatic carbocycles. The lowest BCUT2D eigenvalue weighted by Crippen LogP contribution is -2.42. The maximum atomic E-state index is 5.84. The molecule has 0 aromatic carbocycles. The highest BCUT2D eigenvalue weighted by Gasteiger charge is 2.26. The summed E-state index contributed by atoms with van der Waals surface area (Å²) in [5, 5.41) is 0. The summed E-state index contributed by atoms with van der Waals surface area (Å²) in [5.41, 5.74) is 0. The summed E-state index contributed by atoms with van der Waals surface area (Å²) in [5.74, 6) is 1.61. The predicted molar refractivity (Wildman–Crippen MR) is 54.2 cm³/mol. The number of rotatable bonds is 2. The van der Waals surface area contributed by atoms with Gasteiger partial charge in [-0.15, -0.1) is 11.6 Å². The summed E-state index contributed by atoms with van der Waals surface area (Å²) >= 11 is 5.84. The standard InChI is InChI=1S/C10H18ClNO/c11-7-9-1-4-12(5-2-9)10-3-6-13-8-10/h9-10H,1-8H2. The lowest BCUT2D eigenvalue weighted by Gasteiger charge is -2.34. The van der Waals surface area contributed by atoms with Crippen LogP contribution < -0.4 is 0 Å². The van der Waals surface area contributed by atoms with E-state index in [1.165, 1.54) is 32.4 Å². The predicted octanol–water partition coefficient (Wildman–Crippen LogP) is 1.73. The molecular weight excluding hydrogens is 186 g/mol. The van der Waals surface area contributed by atoms with E-state index in [1.807, 2.05) is 0 Å². The molecule has 2 saturated heterocycles. The lowest BCUT2D eigenvalue weighted by atomic mass is 9.97. The maximum Gasteiger partial charge on any atom is 0.0622 e. The Kier molecular flexibility index (Phi) is 3.47. The normalized spacial score (nSPS) is 32.5. The van der Waals surface area contributed by atoms with Crippen molar-refractivity contribution in [2.75, 3.05) is 32.2 Å². The molecule has 2 aliphatic rings. The second kappa shape index (κ2) is 4.63. The van der Waals surface area contributed by atoms with Crippen molar-refractivity contribution in [3.05, 3.63) is 0 Å². The second-order valence-electron chi connectivity index (χ2n) is 4.15. The van der Waals surface area contributed by atoms with Crippen molar-refractivity contribution < 1.29 is 4.74 Å². The van der Waals surface area contributed by atoms with Crippen molar-refractivity contribution >= 4 is 11.6 Å². The molecule has 0 aromatic rings. The molecule has 76 valence electrons. The third kappa shape index (κ3) is 2.36. The zero-order valence-corrected chi connectivity index (χ0v) is 8.80. The van der Waals surface area contributed by atoms with Gasteiger partial charge in [0, 0.05) is 18.5 Å². The highest BCUT2D eigenvalue weighted by molar-refractivity contribution is 6.18. The molecule has 0 radical (unpaired) electrons. The molecule has 0 amide bonds. The highest BCUT2D eigenvalue weighted by atomic mass is 35.5. The van der Waals surface area contributed by atoms with Gasteiger partial charge >= 0.3 is 0 Å². The smallest absolute Gasteiger partial charge is 0.0622 e. The van der Waals surface area contributed by atoms with Gasteiger partial charge < -0.3 is 4.74 Å². The Morgan fingerprint density at radius 1 is 1.23 bits per heavy atom. The van der Waals surface area contributed by atoms with E-state index in [-0.39, 0.29) is 0 Å². The average Bonchev–Trinajstić information content (AvgIpc) is 2.71. The number of piperidine rings is 1. The van der Waals surface area contributed by atoms with E-state index in [0.29, 0.717) is 6.04 Å². The molecule has 2 nitrogen and oxygen atoms in total. The van der Waals surface area contributed by atoms with Crippen LogP contribution in [-0.4, -0.2) is 43.1 Å². The van der Waals surface area contributed by atoms with Gasteiger partial charge in [-0.2, -0.15) is 0 Å². The van der Waals surface area contributed by atoms with E-state index in [1.54, 1.807) is 0 Å². The van der Waals surface area contributed by atoms with E-state index >= 15 is 0 Å². The summed E-state index contributed by atoms with van der Waals surface area (Å²) in [6.45, 7) is 4.36. The van der Waals surface area contributed by atoms with Gasteiger partial charge in [-0.25, -0.2) is 0 Å². The number of hydrogen-bond acceptors (Lipinski definition) is 2. The van der Waals surface area contributed by atoms with E-state index in [2.05, 4.69) is 4.90 Å². The Hall–Kier alpha value is 0.210. The van der Waals surface area contributed by atoms with Gasteiger partial charge in [0.2, 0.25) is 0 Å². The number of nitrogens with zero attached hydrogens (tertiary/aromatic N) is 1. The average molecular weight is 204 g/mol. The van der Waals surface area contributed by atoms with Gasteiger partial charge in [-0.1, -0.05) is 0 Å². The fourth-order valence-electron chi connectivity index (χ4n) is 2.28. The summed E-state index contributed by atoms with van der Waals surface area (Å²) < 4.78 is 5.40. The Morgan fingerprint density at radius 3 is 2.54 bits per heavy atom. The summed E-state index contributed by atoms with van der Waals surface area (Å²) in [6.07, 6.45) is 3.78. The first-order valence-electron chi connectivity index (χ1n) is 5.28. The first kappa shape index (κ1) is 9.75. The van der Waals surface area contributed by atoms with Gasteiger partial charge in [0.15, 0.2) is 0 Å². The molecule has 2 heterocycles. The zero-order valence-electron chi connectivity index (χ0n) is 8.04. The van der Waals surface area contributed by atoms with Gasteiger partial charge in [0.05, 0.1) is 6.61 Å². The molecule has 0 N–H and O–H groups in total. The Labute approximate surface area is 85.2 Å². The zero-order chi connectivity index (χ0) is 9.10. The van der Waals surface area contributed by atoms with Crippen LogP contribution in [0.4, 0.5) is 0 Å². The first-order chi connectivity index (χ1) is 6.40. The lowest BCUT2D eigenvalue weighted by molar-refractivity contribution is 0.114. The number of alkyl halides is 1. The van der Waals surface area contributed by atoms with Crippen LogP contribution in [0.25, 0.3) is 0 Å². The number of likely N-dealkylation sites (tertiary alicyclic amines) is 1. The van der Waals surface area contributed by atoms with Gasteiger partial charge in [0.1, 0.15) is 0 Å². The Morgan fingerprint density at radius 2 is 2.00 bits per heavy atom.